The minimum atomic E-state index is -0.357. The molecule has 0 aliphatic heterocycles. The van der Waals surface area contributed by atoms with Gasteiger partial charge in [0.25, 0.3) is 0 Å². The number of carbonyl (C=O) groups is 1. The average Bonchev–Trinajstić information content (AvgIpc) is 2.27. The van der Waals surface area contributed by atoms with E-state index in [2.05, 4.69) is 16.6 Å². The third-order valence-electron chi connectivity index (χ3n) is 1.95. The molecule has 0 amide bonds. The number of aryl methyl sites for hydroxylation is 1. The minimum absolute atomic E-state index is 0.280. The largest absolute Gasteiger partial charge is 0.465 e. The van der Waals surface area contributed by atoms with E-state index in [-0.39, 0.29) is 11.8 Å². The molecule has 78 valence electrons. The Morgan fingerprint density at radius 1 is 1.53 bits per heavy atom. The first kappa shape index (κ1) is 11.6. The standard InChI is InChI=1S/C12H11ClO2/c1-9-5-6-11(12(14)15-2)8-10(9)4-3-7-13/h5-6,8H,7H2,1-2H3. The van der Waals surface area contributed by atoms with E-state index in [1.807, 2.05) is 13.0 Å². The van der Waals surface area contributed by atoms with Crippen molar-refractivity contribution in [2.24, 2.45) is 0 Å². The summed E-state index contributed by atoms with van der Waals surface area (Å²) in [5.74, 6) is 5.57. The van der Waals surface area contributed by atoms with Gasteiger partial charge < -0.3 is 4.74 Å². The molecule has 0 radical (unpaired) electrons. The van der Waals surface area contributed by atoms with E-state index >= 15 is 0 Å². The van der Waals surface area contributed by atoms with Gasteiger partial charge in [-0.3, -0.25) is 0 Å². The maximum atomic E-state index is 11.3. The lowest BCUT2D eigenvalue weighted by atomic mass is 10.1. The van der Waals surface area contributed by atoms with Gasteiger partial charge in [-0.25, -0.2) is 4.79 Å². The summed E-state index contributed by atoms with van der Waals surface area (Å²) < 4.78 is 4.62. The van der Waals surface area contributed by atoms with Crippen molar-refractivity contribution < 1.29 is 9.53 Å². The summed E-state index contributed by atoms with van der Waals surface area (Å²) in [5, 5.41) is 0. The van der Waals surface area contributed by atoms with Gasteiger partial charge in [0.2, 0.25) is 0 Å². The SMILES string of the molecule is COC(=O)c1ccc(C)c(C#CCCl)c1. The van der Waals surface area contributed by atoms with Crippen LogP contribution in [0.2, 0.25) is 0 Å². The summed E-state index contributed by atoms with van der Waals surface area (Å²) in [6.45, 7) is 1.93. The number of esters is 1. The lowest BCUT2D eigenvalue weighted by Gasteiger charge is -2.02. The van der Waals surface area contributed by atoms with E-state index in [9.17, 15) is 4.79 Å². The number of ether oxygens (including phenoxy) is 1. The molecule has 1 aromatic rings. The monoisotopic (exact) mass is 222 g/mol. The summed E-state index contributed by atoms with van der Waals surface area (Å²) in [6.07, 6.45) is 0. The average molecular weight is 223 g/mol. The van der Waals surface area contributed by atoms with Gasteiger partial charge in [-0.2, -0.15) is 0 Å². The number of carbonyl (C=O) groups excluding carboxylic acids is 1. The summed E-state index contributed by atoms with van der Waals surface area (Å²) in [4.78, 5) is 11.3. The van der Waals surface area contributed by atoms with Crippen molar-refractivity contribution in [2.45, 2.75) is 6.92 Å². The number of benzene rings is 1. The summed E-state index contributed by atoms with van der Waals surface area (Å²) in [5.41, 5.74) is 2.32. The van der Waals surface area contributed by atoms with E-state index in [0.29, 0.717) is 5.56 Å². The van der Waals surface area contributed by atoms with Crippen LogP contribution in [0.15, 0.2) is 18.2 Å². The first-order valence-electron chi connectivity index (χ1n) is 4.43. The highest BCUT2D eigenvalue weighted by Crippen LogP contribution is 2.10. The molecule has 15 heavy (non-hydrogen) atoms. The van der Waals surface area contributed by atoms with Crippen LogP contribution in [0, 0.1) is 18.8 Å². The Morgan fingerprint density at radius 2 is 2.27 bits per heavy atom. The van der Waals surface area contributed by atoms with Crippen LogP contribution in [0.1, 0.15) is 21.5 Å². The quantitative estimate of drug-likeness (QED) is 0.414. The van der Waals surface area contributed by atoms with E-state index in [4.69, 9.17) is 11.6 Å². The highest BCUT2D eigenvalue weighted by atomic mass is 35.5. The second kappa shape index (κ2) is 5.43. The Balaban J connectivity index is 3.10. The van der Waals surface area contributed by atoms with E-state index in [1.54, 1.807) is 12.1 Å². The molecule has 0 aliphatic carbocycles. The molecule has 0 atom stereocenters. The fourth-order valence-corrected chi connectivity index (χ4v) is 1.20. The maximum absolute atomic E-state index is 11.3. The van der Waals surface area contributed by atoms with E-state index in [1.165, 1.54) is 7.11 Å². The number of methoxy groups -OCH3 is 1. The van der Waals surface area contributed by atoms with Crippen LogP contribution in [-0.2, 0) is 4.74 Å². The number of hydrogen-bond acceptors (Lipinski definition) is 2. The molecule has 2 nitrogen and oxygen atoms in total. The molecule has 0 heterocycles. The fraction of sp³-hybridized carbons (Fsp3) is 0.250. The normalized spacial score (nSPS) is 9.00. The Bertz CT molecular complexity index is 427. The maximum Gasteiger partial charge on any atom is 0.337 e. The Kier molecular flexibility index (Phi) is 4.20. The van der Waals surface area contributed by atoms with Crippen molar-refractivity contribution in [3.05, 3.63) is 34.9 Å². The molecule has 0 aromatic heterocycles. The number of rotatable bonds is 1. The van der Waals surface area contributed by atoms with Gasteiger partial charge in [-0.05, 0) is 24.6 Å². The zero-order chi connectivity index (χ0) is 11.3. The summed E-state index contributed by atoms with van der Waals surface area (Å²) >= 11 is 5.47. The molecule has 0 spiro atoms. The first-order valence-corrected chi connectivity index (χ1v) is 4.96. The van der Waals surface area contributed by atoms with E-state index < -0.39 is 0 Å². The van der Waals surface area contributed by atoms with Crippen LogP contribution in [-0.4, -0.2) is 19.0 Å². The van der Waals surface area contributed by atoms with Crippen molar-refractivity contribution in [3.8, 4) is 11.8 Å². The molecular weight excluding hydrogens is 212 g/mol. The number of alkyl halides is 1. The molecular formula is C12H11ClO2. The Morgan fingerprint density at radius 3 is 2.87 bits per heavy atom. The predicted molar refractivity (Wildman–Crippen MR) is 60.1 cm³/mol. The van der Waals surface area contributed by atoms with Crippen molar-refractivity contribution in [2.75, 3.05) is 13.0 Å². The van der Waals surface area contributed by atoms with Crippen LogP contribution < -0.4 is 0 Å². The number of halogens is 1. The molecule has 0 bridgehead atoms. The summed E-state index contributed by atoms with van der Waals surface area (Å²) in [7, 11) is 1.35. The van der Waals surface area contributed by atoms with Crippen molar-refractivity contribution >= 4 is 17.6 Å². The predicted octanol–water partition coefficient (Wildman–Crippen LogP) is 2.37. The van der Waals surface area contributed by atoms with Crippen LogP contribution in [0.3, 0.4) is 0 Å². The smallest absolute Gasteiger partial charge is 0.337 e. The highest BCUT2D eigenvalue weighted by molar-refractivity contribution is 6.19. The molecule has 0 N–H and O–H groups in total. The molecule has 0 unspecified atom stereocenters. The zero-order valence-corrected chi connectivity index (χ0v) is 9.39. The minimum Gasteiger partial charge on any atom is -0.465 e. The lowest BCUT2D eigenvalue weighted by molar-refractivity contribution is 0.0600. The van der Waals surface area contributed by atoms with Gasteiger partial charge in [-0.15, -0.1) is 11.6 Å². The van der Waals surface area contributed by atoms with Gasteiger partial charge in [0, 0.05) is 5.56 Å². The lowest BCUT2D eigenvalue weighted by Crippen LogP contribution is -2.01. The van der Waals surface area contributed by atoms with Gasteiger partial charge in [0.1, 0.15) is 0 Å². The van der Waals surface area contributed by atoms with Crippen LogP contribution in [0.4, 0.5) is 0 Å². The zero-order valence-electron chi connectivity index (χ0n) is 8.63. The van der Waals surface area contributed by atoms with Crippen LogP contribution >= 0.6 is 11.6 Å². The van der Waals surface area contributed by atoms with Gasteiger partial charge in [0.15, 0.2) is 0 Å². The van der Waals surface area contributed by atoms with Gasteiger partial charge in [0.05, 0.1) is 18.6 Å². The van der Waals surface area contributed by atoms with Crippen LogP contribution in [0.25, 0.3) is 0 Å². The molecule has 0 aliphatic rings. The Hall–Kier alpha value is -1.46. The molecule has 0 fully saturated rings. The second-order valence-corrected chi connectivity index (χ2v) is 3.22. The molecule has 1 rings (SSSR count). The number of hydrogen-bond donors (Lipinski definition) is 0. The molecule has 3 heteroatoms. The molecule has 0 saturated heterocycles. The van der Waals surface area contributed by atoms with Crippen molar-refractivity contribution in [3.63, 3.8) is 0 Å². The fourth-order valence-electron chi connectivity index (χ4n) is 1.13. The summed E-state index contributed by atoms with van der Waals surface area (Å²) in [6, 6.07) is 5.26. The second-order valence-electron chi connectivity index (χ2n) is 2.96. The third-order valence-corrected chi connectivity index (χ3v) is 2.08. The van der Waals surface area contributed by atoms with E-state index in [0.717, 1.165) is 11.1 Å². The molecule has 1 aromatic carbocycles. The highest BCUT2D eigenvalue weighted by Gasteiger charge is 2.06. The van der Waals surface area contributed by atoms with Crippen LogP contribution in [0.5, 0.6) is 0 Å². The molecule has 0 saturated carbocycles. The van der Waals surface area contributed by atoms with Gasteiger partial charge >= 0.3 is 5.97 Å². The third kappa shape index (κ3) is 3.00. The van der Waals surface area contributed by atoms with Crippen molar-refractivity contribution in [1.29, 1.82) is 0 Å². The van der Waals surface area contributed by atoms with Gasteiger partial charge in [-0.1, -0.05) is 17.9 Å². The van der Waals surface area contributed by atoms with Crippen molar-refractivity contribution in [1.82, 2.24) is 0 Å². The first-order chi connectivity index (χ1) is 7.19. The topological polar surface area (TPSA) is 26.3 Å². The Labute approximate surface area is 94.2 Å².